The van der Waals surface area contributed by atoms with Crippen molar-refractivity contribution in [2.45, 2.75) is 25.5 Å². The molecule has 1 aromatic rings. The Morgan fingerprint density at radius 2 is 2.22 bits per heavy atom. The number of carboxylic acid groups (broad SMARTS) is 1. The minimum Gasteiger partial charge on any atom is -0.474 e. The fourth-order valence-electron chi connectivity index (χ4n) is 1.97. The molecule has 18 heavy (non-hydrogen) atoms. The van der Waals surface area contributed by atoms with Crippen molar-refractivity contribution in [1.82, 2.24) is 9.88 Å². The van der Waals surface area contributed by atoms with Crippen LogP contribution >= 0.6 is 0 Å². The van der Waals surface area contributed by atoms with Crippen LogP contribution in [0.1, 0.15) is 18.5 Å². The number of hydrogen-bond donors (Lipinski definition) is 2. The summed E-state index contributed by atoms with van der Waals surface area (Å²) in [6.45, 7) is 1.40. The second-order valence-electron chi connectivity index (χ2n) is 4.26. The first kappa shape index (κ1) is 12.6. The van der Waals surface area contributed by atoms with E-state index in [4.69, 9.17) is 15.6 Å². The normalized spacial score (nSPS) is 16.6. The van der Waals surface area contributed by atoms with Crippen molar-refractivity contribution in [3.05, 3.63) is 23.9 Å². The zero-order valence-corrected chi connectivity index (χ0v) is 10.1. The van der Waals surface area contributed by atoms with E-state index in [0.29, 0.717) is 38.4 Å². The molecule has 0 aromatic carbocycles. The monoisotopic (exact) mass is 251 g/mol. The molecule has 0 atom stereocenters. The minimum atomic E-state index is -0.864. The second-order valence-corrected chi connectivity index (χ2v) is 4.26. The predicted octanol–water partition coefficient (Wildman–Crippen LogP) is 1.06. The SMILES string of the molecule is NCc1cccc(OC2CCN(C(=O)O)CC2)n1. The molecule has 2 heterocycles. The molecule has 1 aliphatic rings. The Bertz CT molecular complexity index is 417. The number of nitrogens with two attached hydrogens (primary N) is 1. The van der Waals surface area contributed by atoms with Crippen molar-refractivity contribution >= 4 is 6.09 Å². The Morgan fingerprint density at radius 1 is 1.50 bits per heavy atom. The fraction of sp³-hybridized carbons (Fsp3) is 0.500. The number of pyridine rings is 1. The number of ether oxygens (including phenoxy) is 1. The van der Waals surface area contributed by atoms with E-state index in [2.05, 4.69) is 4.98 Å². The van der Waals surface area contributed by atoms with Crippen molar-refractivity contribution in [1.29, 1.82) is 0 Å². The van der Waals surface area contributed by atoms with Gasteiger partial charge in [-0.15, -0.1) is 0 Å². The third-order valence-corrected chi connectivity index (χ3v) is 2.99. The van der Waals surface area contributed by atoms with Gasteiger partial charge >= 0.3 is 6.09 Å². The summed E-state index contributed by atoms with van der Waals surface area (Å²) in [5, 5.41) is 8.84. The summed E-state index contributed by atoms with van der Waals surface area (Å²) in [7, 11) is 0. The number of likely N-dealkylation sites (tertiary alicyclic amines) is 1. The van der Waals surface area contributed by atoms with Crippen molar-refractivity contribution in [3.63, 3.8) is 0 Å². The van der Waals surface area contributed by atoms with Gasteiger partial charge in [0.05, 0.1) is 5.69 Å². The van der Waals surface area contributed by atoms with Crippen LogP contribution in [0.25, 0.3) is 0 Å². The first-order chi connectivity index (χ1) is 8.69. The first-order valence-electron chi connectivity index (χ1n) is 5.99. The van der Waals surface area contributed by atoms with E-state index < -0.39 is 6.09 Å². The molecule has 1 aliphatic heterocycles. The van der Waals surface area contributed by atoms with Gasteiger partial charge in [-0.1, -0.05) is 6.07 Å². The van der Waals surface area contributed by atoms with Gasteiger partial charge in [-0.3, -0.25) is 0 Å². The van der Waals surface area contributed by atoms with E-state index in [1.165, 1.54) is 4.90 Å². The number of piperidine rings is 1. The molecule has 1 fully saturated rings. The van der Waals surface area contributed by atoms with E-state index in [9.17, 15) is 4.79 Å². The van der Waals surface area contributed by atoms with E-state index >= 15 is 0 Å². The summed E-state index contributed by atoms with van der Waals surface area (Å²) in [5.41, 5.74) is 6.30. The van der Waals surface area contributed by atoms with Gasteiger partial charge in [0.2, 0.25) is 5.88 Å². The van der Waals surface area contributed by atoms with Gasteiger partial charge in [0, 0.05) is 38.5 Å². The zero-order valence-electron chi connectivity index (χ0n) is 10.1. The summed E-state index contributed by atoms with van der Waals surface area (Å²) in [4.78, 5) is 16.4. The van der Waals surface area contributed by atoms with Crippen LogP contribution in [-0.2, 0) is 6.54 Å². The Balaban J connectivity index is 1.89. The molecule has 2 rings (SSSR count). The molecule has 6 heteroatoms. The molecule has 0 unspecified atom stereocenters. The summed E-state index contributed by atoms with van der Waals surface area (Å²) in [6, 6.07) is 5.50. The molecule has 0 bridgehead atoms. The van der Waals surface area contributed by atoms with Crippen LogP contribution in [0.2, 0.25) is 0 Å². The van der Waals surface area contributed by atoms with Crippen LogP contribution in [-0.4, -0.2) is 40.3 Å². The van der Waals surface area contributed by atoms with Crippen LogP contribution in [0.3, 0.4) is 0 Å². The average Bonchev–Trinajstić information content (AvgIpc) is 2.39. The quantitative estimate of drug-likeness (QED) is 0.838. The molecular weight excluding hydrogens is 234 g/mol. The topological polar surface area (TPSA) is 88.7 Å². The standard InChI is InChI=1S/C12H17N3O3/c13-8-9-2-1-3-11(14-9)18-10-4-6-15(7-5-10)12(16)17/h1-3,10H,4-8,13H2,(H,16,17). The Morgan fingerprint density at radius 3 is 2.83 bits per heavy atom. The van der Waals surface area contributed by atoms with Crippen LogP contribution in [0, 0.1) is 0 Å². The van der Waals surface area contributed by atoms with E-state index in [0.717, 1.165) is 5.69 Å². The number of amides is 1. The molecule has 0 radical (unpaired) electrons. The lowest BCUT2D eigenvalue weighted by atomic mass is 10.1. The fourth-order valence-corrected chi connectivity index (χ4v) is 1.97. The number of hydrogen-bond acceptors (Lipinski definition) is 4. The molecule has 3 N–H and O–H groups in total. The lowest BCUT2D eigenvalue weighted by molar-refractivity contribution is 0.0870. The first-order valence-corrected chi connectivity index (χ1v) is 5.99. The molecule has 1 aromatic heterocycles. The summed E-state index contributed by atoms with van der Waals surface area (Å²) >= 11 is 0. The highest BCUT2D eigenvalue weighted by molar-refractivity contribution is 5.65. The van der Waals surface area contributed by atoms with Crippen molar-refractivity contribution in [3.8, 4) is 5.88 Å². The Hall–Kier alpha value is -1.82. The number of carbonyl (C=O) groups is 1. The Labute approximate surface area is 105 Å². The highest BCUT2D eigenvalue weighted by atomic mass is 16.5. The lowest BCUT2D eigenvalue weighted by Crippen LogP contribution is -2.41. The number of aromatic nitrogens is 1. The van der Waals surface area contributed by atoms with Crippen molar-refractivity contribution in [2.24, 2.45) is 5.73 Å². The average molecular weight is 251 g/mol. The maximum Gasteiger partial charge on any atom is 0.407 e. The van der Waals surface area contributed by atoms with Crippen LogP contribution < -0.4 is 10.5 Å². The van der Waals surface area contributed by atoms with Crippen LogP contribution in [0.5, 0.6) is 5.88 Å². The van der Waals surface area contributed by atoms with Gasteiger partial charge in [-0.2, -0.15) is 0 Å². The van der Waals surface area contributed by atoms with Crippen molar-refractivity contribution < 1.29 is 14.6 Å². The van der Waals surface area contributed by atoms with Gasteiger partial charge in [0.15, 0.2) is 0 Å². The van der Waals surface area contributed by atoms with E-state index in [-0.39, 0.29) is 6.10 Å². The minimum absolute atomic E-state index is 0.0288. The lowest BCUT2D eigenvalue weighted by Gasteiger charge is -2.29. The molecule has 1 amide bonds. The Kier molecular flexibility index (Phi) is 3.99. The highest BCUT2D eigenvalue weighted by Crippen LogP contribution is 2.17. The molecule has 0 spiro atoms. The summed E-state index contributed by atoms with van der Waals surface area (Å²) in [6.07, 6.45) is 0.555. The van der Waals surface area contributed by atoms with Gasteiger partial charge in [-0.25, -0.2) is 9.78 Å². The zero-order chi connectivity index (χ0) is 13.0. The van der Waals surface area contributed by atoms with Crippen LogP contribution in [0.15, 0.2) is 18.2 Å². The molecule has 0 aliphatic carbocycles. The highest BCUT2D eigenvalue weighted by Gasteiger charge is 2.23. The molecule has 0 saturated carbocycles. The van der Waals surface area contributed by atoms with E-state index in [1.54, 1.807) is 6.07 Å². The van der Waals surface area contributed by atoms with Crippen LogP contribution in [0.4, 0.5) is 4.79 Å². The number of rotatable bonds is 3. The molecule has 1 saturated heterocycles. The smallest absolute Gasteiger partial charge is 0.407 e. The molecule has 6 nitrogen and oxygen atoms in total. The second kappa shape index (κ2) is 5.68. The van der Waals surface area contributed by atoms with Gasteiger partial charge in [0.25, 0.3) is 0 Å². The maximum atomic E-state index is 10.8. The van der Waals surface area contributed by atoms with Crippen molar-refractivity contribution in [2.75, 3.05) is 13.1 Å². The third-order valence-electron chi connectivity index (χ3n) is 2.99. The summed E-state index contributed by atoms with van der Waals surface area (Å²) in [5.74, 6) is 0.562. The van der Waals surface area contributed by atoms with Gasteiger partial charge in [-0.05, 0) is 6.07 Å². The third kappa shape index (κ3) is 3.10. The van der Waals surface area contributed by atoms with Gasteiger partial charge in [0.1, 0.15) is 6.10 Å². The maximum absolute atomic E-state index is 10.8. The summed E-state index contributed by atoms with van der Waals surface area (Å²) < 4.78 is 5.74. The largest absolute Gasteiger partial charge is 0.474 e. The predicted molar refractivity (Wildman–Crippen MR) is 65.4 cm³/mol. The molecular formula is C12H17N3O3. The van der Waals surface area contributed by atoms with E-state index in [1.807, 2.05) is 12.1 Å². The molecule has 98 valence electrons. The van der Waals surface area contributed by atoms with Gasteiger partial charge < -0.3 is 20.5 Å². The number of nitrogens with zero attached hydrogens (tertiary/aromatic N) is 2.